The molecular weight excluding hydrogens is 270 g/mol. The van der Waals surface area contributed by atoms with Crippen LogP contribution < -0.4 is 0 Å². The Bertz CT molecular complexity index is 589. The summed E-state index contributed by atoms with van der Waals surface area (Å²) >= 11 is 0. The molecule has 112 valence electrons. The maximum atomic E-state index is 12.1. The number of rotatable bonds is 4. The first-order valence-corrected chi connectivity index (χ1v) is 7.37. The summed E-state index contributed by atoms with van der Waals surface area (Å²) < 4.78 is 5.69. The molecule has 2 heterocycles. The van der Waals surface area contributed by atoms with Crippen LogP contribution in [0, 0.1) is 5.92 Å². The second-order valence-corrected chi connectivity index (χ2v) is 5.92. The minimum Gasteiger partial charge on any atom is -0.480 e. The number of carboxylic acids is 1. The van der Waals surface area contributed by atoms with E-state index in [1.54, 1.807) is 6.08 Å². The van der Waals surface area contributed by atoms with E-state index in [1.165, 1.54) is 11.0 Å². The summed E-state index contributed by atoms with van der Waals surface area (Å²) in [6, 6.07) is 3.11. The third kappa shape index (κ3) is 2.86. The molecule has 1 aromatic rings. The van der Waals surface area contributed by atoms with E-state index in [0.29, 0.717) is 30.6 Å². The van der Waals surface area contributed by atoms with Gasteiger partial charge in [0.05, 0.1) is 0 Å². The van der Waals surface area contributed by atoms with Gasteiger partial charge in [-0.15, -0.1) is 0 Å². The molecule has 1 saturated carbocycles. The van der Waals surface area contributed by atoms with E-state index in [-0.39, 0.29) is 5.91 Å². The van der Waals surface area contributed by atoms with Crippen LogP contribution in [-0.2, 0) is 9.59 Å². The quantitative estimate of drug-likeness (QED) is 0.864. The number of amides is 1. The molecule has 1 N–H and O–H groups in total. The molecule has 0 spiro atoms. The molecule has 2 fully saturated rings. The van der Waals surface area contributed by atoms with Crippen molar-refractivity contribution in [1.82, 2.24) is 4.90 Å². The number of carbonyl (C=O) groups is 2. The zero-order valence-corrected chi connectivity index (χ0v) is 12.0. The van der Waals surface area contributed by atoms with E-state index in [0.717, 1.165) is 18.6 Å². The van der Waals surface area contributed by atoms with Gasteiger partial charge in [-0.1, -0.05) is 6.92 Å². The van der Waals surface area contributed by atoms with Crippen molar-refractivity contribution in [2.75, 3.05) is 6.54 Å². The molecule has 0 aromatic carbocycles. The summed E-state index contributed by atoms with van der Waals surface area (Å²) in [4.78, 5) is 24.6. The number of aliphatic carboxylic acids is 1. The van der Waals surface area contributed by atoms with Gasteiger partial charge in [0.15, 0.2) is 0 Å². The fourth-order valence-corrected chi connectivity index (χ4v) is 2.91. The molecule has 2 aliphatic rings. The first kappa shape index (κ1) is 13.9. The van der Waals surface area contributed by atoms with Crippen molar-refractivity contribution in [3.8, 4) is 0 Å². The number of hydrogen-bond donors (Lipinski definition) is 1. The molecule has 1 aliphatic heterocycles. The van der Waals surface area contributed by atoms with Gasteiger partial charge in [-0.25, -0.2) is 4.79 Å². The number of furan rings is 1. The fraction of sp³-hybridized carbons (Fsp3) is 0.500. The Balaban J connectivity index is 1.64. The molecule has 5 nitrogen and oxygen atoms in total. The minimum atomic E-state index is -0.933. The standard InChI is InChI=1S/C16H19NO4/c1-10-9-12(10)14-6-4-11(21-14)5-7-15(18)17-8-2-3-13(17)16(19)20/h4-7,10,12-13H,2-3,8-9H2,1H3,(H,19,20). The molecule has 0 radical (unpaired) electrons. The van der Waals surface area contributed by atoms with Gasteiger partial charge in [0.25, 0.3) is 0 Å². The SMILES string of the molecule is CC1CC1c1ccc(C=CC(=O)N2CCCC2C(=O)O)o1. The van der Waals surface area contributed by atoms with E-state index in [4.69, 9.17) is 9.52 Å². The predicted octanol–water partition coefficient (Wildman–Crippen LogP) is 2.49. The molecule has 5 heteroatoms. The van der Waals surface area contributed by atoms with Crippen LogP contribution in [0.25, 0.3) is 6.08 Å². The first-order valence-electron chi connectivity index (χ1n) is 7.37. The summed E-state index contributed by atoms with van der Waals surface area (Å²) in [5.41, 5.74) is 0. The maximum absolute atomic E-state index is 12.1. The third-order valence-corrected chi connectivity index (χ3v) is 4.33. The summed E-state index contributed by atoms with van der Waals surface area (Å²) in [5, 5.41) is 9.08. The highest BCUT2D eigenvalue weighted by Crippen LogP contribution is 2.47. The highest BCUT2D eigenvalue weighted by atomic mass is 16.4. The van der Waals surface area contributed by atoms with Crippen LogP contribution in [0.15, 0.2) is 22.6 Å². The lowest BCUT2D eigenvalue weighted by molar-refractivity contribution is -0.146. The predicted molar refractivity (Wildman–Crippen MR) is 76.6 cm³/mol. The van der Waals surface area contributed by atoms with Gasteiger partial charge in [-0.2, -0.15) is 0 Å². The lowest BCUT2D eigenvalue weighted by Crippen LogP contribution is -2.39. The van der Waals surface area contributed by atoms with Gasteiger partial charge in [0.2, 0.25) is 5.91 Å². The van der Waals surface area contributed by atoms with Crippen LogP contribution in [0.2, 0.25) is 0 Å². The van der Waals surface area contributed by atoms with Crippen LogP contribution in [0.4, 0.5) is 0 Å². The van der Waals surface area contributed by atoms with Crippen LogP contribution in [0.5, 0.6) is 0 Å². The molecule has 3 unspecified atom stereocenters. The maximum Gasteiger partial charge on any atom is 0.326 e. The number of carbonyl (C=O) groups excluding carboxylic acids is 1. The molecular formula is C16H19NO4. The smallest absolute Gasteiger partial charge is 0.326 e. The summed E-state index contributed by atoms with van der Waals surface area (Å²) in [7, 11) is 0. The van der Waals surface area contributed by atoms with Crippen molar-refractivity contribution < 1.29 is 19.1 Å². The zero-order valence-electron chi connectivity index (χ0n) is 12.0. The fourth-order valence-electron chi connectivity index (χ4n) is 2.91. The molecule has 1 saturated heterocycles. The van der Waals surface area contributed by atoms with Crippen LogP contribution in [0.1, 0.15) is 43.6 Å². The van der Waals surface area contributed by atoms with E-state index < -0.39 is 12.0 Å². The lowest BCUT2D eigenvalue weighted by Gasteiger charge is -2.19. The summed E-state index contributed by atoms with van der Waals surface area (Å²) in [6.45, 7) is 2.69. The molecule has 0 bridgehead atoms. The first-order chi connectivity index (χ1) is 10.1. The molecule has 1 aromatic heterocycles. The second-order valence-electron chi connectivity index (χ2n) is 5.92. The van der Waals surface area contributed by atoms with Crippen LogP contribution in [0.3, 0.4) is 0 Å². The van der Waals surface area contributed by atoms with E-state index in [1.807, 2.05) is 12.1 Å². The highest BCUT2D eigenvalue weighted by Gasteiger charge is 2.36. The Morgan fingerprint density at radius 1 is 1.43 bits per heavy atom. The van der Waals surface area contributed by atoms with Crippen molar-refractivity contribution >= 4 is 18.0 Å². The zero-order chi connectivity index (χ0) is 15.0. The lowest BCUT2D eigenvalue weighted by atomic mass is 10.2. The van der Waals surface area contributed by atoms with Gasteiger partial charge in [0, 0.05) is 18.5 Å². The van der Waals surface area contributed by atoms with Crippen molar-refractivity contribution in [2.45, 2.75) is 38.1 Å². The normalized spacial score (nSPS) is 28.2. The minimum absolute atomic E-state index is 0.266. The van der Waals surface area contributed by atoms with Gasteiger partial charge in [-0.3, -0.25) is 4.79 Å². The van der Waals surface area contributed by atoms with E-state index in [2.05, 4.69) is 6.92 Å². The Labute approximate surface area is 123 Å². The van der Waals surface area contributed by atoms with Gasteiger partial charge < -0.3 is 14.4 Å². The Morgan fingerprint density at radius 2 is 2.19 bits per heavy atom. The largest absolute Gasteiger partial charge is 0.480 e. The molecule has 1 aliphatic carbocycles. The average molecular weight is 289 g/mol. The molecule has 21 heavy (non-hydrogen) atoms. The molecule has 3 atom stereocenters. The van der Waals surface area contributed by atoms with Gasteiger partial charge in [0.1, 0.15) is 17.6 Å². The van der Waals surface area contributed by atoms with Crippen molar-refractivity contribution in [3.63, 3.8) is 0 Å². The van der Waals surface area contributed by atoms with Crippen LogP contribution >= 0.6 is 0 Å². The van der Waals surface area contributed by atoms with Gasteiger partial charge >= 0.3 is 5.97 Å². The Kier molecular flexibility index (Phi) is 3.57. The van der Waals surface area contributed by atoms with Crippen molar-refractivity contribution in [2.24, 2.45) is 5.92 Å². The average Bonchev–Trinajstić information content (AvgIpc) is 2.90. The number of likely N-dealkylation sites (tertiary alicyclic amines) is 1. The van der Waals surface area contributed by atoms with E-state index in [9.17, 15) is 9.59 Å². The van der Waals surface area contributed by atoms with E-state index >= 15 is 0 Å². The number of nitrogens with zero attached hydrogens (tertiary/aromatic N) is 1. The number of carboxylic acid groups (broad SMARTS) is 1. The van der Waals surface area contributed by atoms with Crippen molar-refractivity contribution in [3.05, 3.63) is 29.7 Å². The highest BCUT2D eigenvalue weighted by molar-refractivity contribution is 5.94. The third-order valence-electron chi connectivity index (χ3n) is 4.33. The second kappa shape index (κ2) is 5.39. The topological polar surface area (TPSA) is 70.8 Å². The summed E-state index contributed by atoms with van der Waals surface area (Å²) in [6.07, 6.45) is 5.44. The Hall–Kier alpha value is -2.04. The monoisotopic (exact) mass is 289 g/mol. The number of hydrogen-bond acceptors (Lipinski definition) is 3. The van der Waals surface area contributed by atoms with Gasteiger partial charge in [-0.05, 0) is 43.4 Å². The van der Waals surface area contributed by atoms with Crippen molar-refractivity contribution in [1.29, 1.82) is 0 Å². The summed E-state index contributed by atoms with van der Waals surface area (Å²) in [5.74, 6) is 1.60. The molecule has 1 amide bonds. The Morgan fingerprint density at radius 3 is 2.86 bits per heavy atom. The van der Waals surface area contributed by atoms with Crippen LogP contribution in [-0.4, -0.2) is 34.5 Å². The molecule has 3 rings (SSSR count).